The van der Waals surface area contributed by atoms with E-state index in [0.29, 0.717) is 23.9 Å². The number of rotatable bonds is 4. The van der Waals surface area contributed by atoms with Crippen LogP contribution in [0, 0.1) is 11.8 Å². The van der Waals surface area contributed by atoms with Crippen molar-refractivity contribution < 1.29 is 4.74 Å². The van der Waals surface area contributed by atoms with Crippen LogP contribution in [-0.2, 0) is 4.74 Å². The Morgan fingerprint density at radius 3 is 2.96 bits per heavy atom. The molecule has 1 aliphatic carbocycles. The molecule has 1 saturated carbocycles. The maximum atomic E-state index is 6.53. The number of hydrogen-bond donors (Lipinski definition) is 0. The van der Waals surface area contributed by atoms with E-state index >= 15 is 0 Å². The first-order valence-corrected chi connectivity index (χ1v) is 9.04. The highest BCUT2D eigenvalue weighted by Gasteiger charge is 2.63. The van der Waals surface area contributed by atoms with Crippen molar-refractivity contribution in [1.29, 1.82) is 0 Å². The highest BCUT2D eigenvalue weighted by Crippen LogP contribution is 2.55. The Labute approximate surface area is 138 Å². The van der Waals surface area contributed by atoms with Crippen LogP contribution in [0.4, 0.5) is 5.82 Å². The SMILES string of the molecule is CN(C)C[C@H]1[C@H]2CN(c3cc(C4CC4)ncn3)C[C@]23CC[C@H]1O3. The molecule has 0 radical (unpaired) electrons. The summed E-state index contributed by atoms with van der Waals surface area (Å²) in [5.74, 6) is 3.13. The van der Waals surface area contributed by atoms with E-state index in [-0.39, 0.29) is 5.60 Å². The van der Waals surface area contributed by atoms with E-state index in [1.54, 1.807) is 6.33 Å². The lowest BCUT2D eigenvalue weighted by molar-refractivity contribution is 0.0136. The van der Waals surface area contributed by atoms with Gasteiger partial charge in [-0.3, -0.25) is 0 Å². The molecule has 0 N–H and O–H groups in total. The van der Waals surface area contributed by atoms with Gasteiger partial charge in [-0.1, -0.05) is 0 Å². The van der Waals surface area contributed by atoms with Gasteiger partial charge in [-0.05, 0) is 39.8 Å². The first kappa shape index (κ1) is 14.2. The molecule has 4 aliphatic rings. The Bertz CT molecular complexity index is 617. The maximum Gasteiger partial charge on any atom is 0.132 e. The lowest BCUT2D eigenvalue weighted by Crippen LogP contribution is -2.40. The van der Waals surface area contributed by atoms with Crippen LogP contribution in [0.1, 0.15) is 37.3 Å². The Balaban J connectivity index is 1.40. The van der Waals surface area contributed by atoms with Gasteiger partial charge in [-0.15, -0.1) is 0 Å². The third-order valence-corrected chi connectivity index (χ3v) is 6.35. The third-order valence-electron chi connectivity index (χ3n) is 6.35. The zero-order valence-corrected chi connectivity index (χ0v) is 14.1. The number of aromatic nitrogens is 2. The highest BCUT2D eigenvalue weighted by atomic mass is 16.5. The van der Waals surface area contributed by atoms with Gasteiger partial charge in [0.25, 0.3) is 0 Å². The Morgan fingerprint density at radius 2 is 2.17 bits per heavy atom. The summed E-state index contributed by atoms with van der Waals surface area (Å²) in [6.07, 6.45) is 7.28. The predicted molar refractivity (Wildman–Crippen MR) is 88.6 cm³/mol. The fraction of sp³-hybridized carbons (Fsp3) is 0.778. The lowest BCUT2D eigenvalue weighted by Gasteiger charge is -2.30. The first-order chi connectivity index (χ1) is 11.1. The zero-order chi connectivity index (χ0) is 15.6. The van der Waals surface area contributed by atoms with Gasteiger partial charge in [0.15, 0.2) is 0 Å². The summed E-state index contributed by atoms with van der Waals surface area (Å²) >= 11 is 0. The first-order valence-electron chi connectivity index (χ1n) is 9.04. The molecule has 5 nitrogen and oxygen atoms in total. The zero-order valence-electron chi connectivity index (χ0n) is 14.1. The minimum atomic E-state index is 0.0933. The van der Waals surface area contributed by atoms with E-state index in [9.17, 15) is 0 Å². The average molecular weight is 314 g/mol. The van der Waals surface area contributed by atoms with Gasteiger partial charge >= 0.3 is 0 Å². The molecule has 23 heavy (non-hydrogen) atoms. The van der Waals surface area contributed by atoms with Crippen LogP contribution in [0.15, 0.2) is 12.4 Å². The molecular weight excluding hydrogens is 288 g/mol. The van der Waals surface area contributed by atoms with Gasteiger partial charge in [0.2, 0.25) is 0 Å². The second kappa shape index (κ2) is 4.90. The van der Waals surface area contributed by atoms with Crippen LogP contribution in [-0.4, -0.2) is 60.3 Å². The minimum Gasteiger partial charge on any atom is -0.369 e. The average Bonchev–Trinajstić information content (AvgIpc) is 3.12. The summed E-state index contributed by atoms with van der Waals surface area (Å²) < 4.78 is 6.53. The van der Waals surface area contributed by atoms with Gasteiger partial charge < -0.3 is 14.5 Å². The molecule has 5 rings (SSSR count). The lowest BCUT2D eigenvalue weighted by atomic mass is 9.73. The molecule has 3 aliphatic heterocycles. The van der Waals surface area contributed by atoms with Crippen molar-refractivity contribution >= 4 is 5.82 Å². The van der Waals surface area contributed by atoms with Gasteiger partial charge in [0.05, 0.1) is 11.7 Å². The van der Waals surface area contributed by atoms with Crippen LogP contribution in [0.25, 0.3) is 0 Å². The van der Waals surface area contributed by atoms with Gasteiger partial charge in [-0.2, -0.15) is 0 Å². The number of fused-ring (bicyclic) bond motifs is 1. The van der Waals surface area contributed by atoms with Crippen LogP contribution < -0.4 is 4.90 Å². The fourth-order valence-corrected chi connectivity index (χ4v) is 5.17. The molecule has 1 aromatic heterocycles. The molecule has 4 fully saturated rings. The summed E-state index contributed by atoms with van der Waals surface area (Å²) in [7, 11) is 4.36. The quantitative estimate of drug-likeness (QED) is 0.849. The maximum absolute atomic E-state index is 6.53. The smallest absolute Gasteiger partial charge is 0.132 e. The van der Waals surface area contributed by atoms with E-state index in [0.717, 1.165) is 25.5 Å². The molecule has 124 valence electrons. The van der Waals surface area contributed by atoms with Crippen LogP contribution in [0.3, 0.4) is 0 Å². The summed E-state index contributed by atoms with van der Waals surface area (Å²) in [5, 5.41) is 0. The Hall–Kier alpha value is -1.20. The summed E-state index contributed by atoms with van der Waals surface area (Å²) in [4.78, 5) is 13.8. The molecule has 0 amide bonds. The highest BCUT2D eigenvalue weighted by molar-refractivity contribution is 5.44. The standard InChI is InChI=1S/C18H26N4O/c1-21(2)8-13-14-9-22(10-18(14)6-5-16(13)23-18)17-7-15(12-3-4-12)19-11-20-17/h7,11-14,16H,3-6,8-10H2,1-2H3/t13-,14+,16+,18+/m0/s1. The summed E-state index contributed by atoms with van der Waals surface area (Å²) in [5.41, 5.74) is 1.33. The van der Waals surface area contributed by atoms with Crippen molar-refractivity contribution in [3.05, 3.63) is 18.1 Å². The molecule has 1 aromatic rings. The van der Waals surface area contributed by atoms with Gasteiger partial charge in [0, 0.05) is 49.1 Å². The van der Waals surface area contributed by atoms with Gasteiger partial charge in [0.1, 0.15) is 12.1 Å². The van der Waals surface area contributed by atoms with Crippen LogP contribution >= 0.6 is 0 Å². The summed E-state index contributed by atoms with van der Waals surface area (Å²) in [6.45, 7) is 3.25. The Kier molecular flexibility index (Phi) is 3.02. The second-order valence-electron chi connectivity index (χ2n) is 8.25. The van der Waals surface area contributed by atoms with E-state index < -0.39 is 0 Å². The molecule has 1 spiro atoms. The van der Waals surface area contributed by atoms with Gasteiger partial charge in [-0.25, -0.2) is 9.97 Å². The van der Waals surface area contributed by atoms with Crippen molar-refractivity contribution in [2.75, 3.05) is 38.6 Å². The van der Waals surface area contributed by atoms with Crippen molar-refractivity contribution in [1.82, 2.24) is 14.9 Å². The minimum absolute atomic E-state index is 0.0933. The van der Waals surface area contributed by atoms with Crippen molar-refractivity contribution in [2.45, 2.75) is 43.3 Å². The molecule has 4 heterocycles. The molecule has 4 atom stereocenters. The monoisotopic (exact) mass is 314 g/mol. The summed E-state index contributed by atoms with van der Waals surface area (Å²) in [6, 6.07) is 2.22. The Morgan fingerprint density at radius 1 is 1.30 bits per heavy atom. The van der Waals surface area contributed by atoms with E-state index in [1.165, 1.54) is 31.4 Å². The normalized spacial score (nSPS) is 38.6. The van der Waals surface area contributed by atoms with Crippen LogP contribution in [0.2, 0.25) is 0 Å². The van der Waals surface area contributed by atoms with E-state index in [2.05, 4.69) is 39.9 Å². The topological polar surface area (TPSA) is 41.5 Å². The molecule has 3 saturated heterocycles. The fourth-order valence-electron chi connectivity index (χ4n) is 5.17. The van der Waals surface area contributed by atoms with E-state index in [1.807, 2.05) is 0 Å². The van der Waals surface area contributed by atoms with Crippen LogP contribution in [0.5, 0.6) is 0 Å². The van der Waals surface area contributed by atoms with Crippen molar-refractivity contribution in [2.24, 2.45) is 11.8 Å². The molecule has 0 aromatic carbocycles. The number of hydrogen-bond acceptors (Lipinski definition) is 5. The predicted octanol–water partition coefficient (Wildman–Crippen LogP) is 1.90. The van der Waals surface area contributed by atoms with Crippen molar-refractivity contribution in [3.8, 4) is 0 Å². The number of ether oxygens (including phenoxy) is 1. The second-order valence-corrected chi connectivity index (χ2v) is 8.25. The largest absolute Gasteiger partial charge is 0.369 e. The molecule has 5 heteroatoms. The van der Waals surface area contributed by atoms with Crippen molar-refractivity contribution in [3.63, 3.8) is 0 Å². The molecule has 2 bridgehead atoms. The number of nitrogens with zero attached hydrogens (tertiary/aromatic N) is 4. The van der Waals surface area contributed by atoms with E-state index in [4.69, 9.17) is 4.74 Å². The molecule has 0 unspecified atom stereocenters. The number of anilines is 1. The third kappa shape index (κ3) is 2.20. The molecular formula is C18H26N4O.